The molecule has 2 fully saturated rings. The van der Waals surface area contributed by atoms with Crippen LogP contribution in [0.5, 0.6) is 0 Å². The molecular formula is C22H27NO4. The Bertz CT molecular complexity index is 757. The molecule has 2 atom stereocenters. The summed E-state index contributed by atoms with van der Waals surface area (Å²) in [6, 6.07) is 7.89. The van der Waals surface area contributed by atoms with Gasteiger partial charge in [0.25, 0.3) is 0 Å². The summed E-state index contributed by atoms with van der Waals surface area (Å²) in [6.45, 7) is 3.16. The maximum Gasteiger partial charge on any atom is 0.310 e. The van der Waals surface area contributed by atoms with E-state index in [9.17, 15) is 9.59 Å². The van der Waals surface area contributed by atoms with Gasteiger partial charge in [-0.15, -0.1) is 0 Å². The molecule has 2 N–H and O–H groups in total. The third-order valence-corrected chi connectivity index (χ3v) is 5.42. The van der Waals surface area contributed by atoms with Crippen LogP contribution >= 0.6 is 0 Å². The van der Waals surface area contributed by atoms with Gasteiger partial charge in [0.15, 0.2) is 5.60 Å². The number of carbonyl (C=O) groups is 2. The van der Waals surface area contributed by atoms with E-state index < -0.39 is 5.60 Å². The Morgan fingerprint density at radius 3 is 2.70 bits per heavy atom. The van der Waals surface area contributed by atoms with Gasteiger partial charge in [-0.3, -0.25) is 9.59 Å². The second-order valence-corrected chi connectivity index (χ2v) is 7.62. The normalized spacial score (nSPS) is 25.9. The van der Waals surface area contributed by atoms with E-state index in [2.05, 4.69) is 11.8 Å². The van der Waals surface area contributed by atoms with Crippen molar-refractivity contribution in [3.05, 3.63) is 35.4 Å². The molecule has 1 saturated carbocycles. The minimum atomic E-state index is -0.947. The van der Waals surface area contributed by atoms with Gasteiger partial charge in [-0.1, -0.05) is 18.1 Å². The van der Waals surface area contributed by atoms with Gasteiger partial charge in [-0.25, -0.2) is 0 Å². The van der Waals surface area contributed by atoms with Crippen LogP contribution in [0.25, 0.3) is 0 Å². The molecule has 0 radical (unpaired) electrons. The molecule has 1 heterocycles. The van der Waals surface area contributed by atoms with Crippen LogP contribution in [0, 0.1) is 30.6 Å². The molecule has 1 aromatic rings. The molecule has 27 heavy (non-hydrogen) atoms. The number of ether oxygens (including phenoxy) is 2. The largest absolute Gasteiger partial charge is 0.446 e. The molecule has 1 saturated heterocycles. The number of primary amides is 1. The number of aryl methyl sites for hydroxylation is 1. The van der Waals surface area contributed by atoms with Crippen molar-refractivity contribution in [2.75, 3.05) is 13.2 Å². The van der Waals surface area contributed by atoms with Gasteiger partial charge in [-0.2, -0.15) is 0 Å². The fraction of sp³-hybridized carbons (Fsp3) is 0.545. The Morgan fingerprint density at radius 2 is 2.00 bits per heavy atom. The summed E-state index contributed by atoms with van der Waals surface area (Å²) in [5, 5.41) is 0. The van der Waals surface area contributed by atoms with Crippen LogP contribution in [-0.2, 0) is 19.1 Å². The number of hydrogen-bond donors (Lipinski definition) is 1. The zero-order chi connectivity index (χ0) is 19.3. The smallest absolute Gasteiger partial charge is 0.310 e. The van der Waals surface area contributed by atoms with Crippen molar-refractivity contribution in [1.82, 2.24) is 0 Å². The van der Waals surface area contributed by atoms with Gasteiger partial charge in [0.05, 0.1) is 5.92 Å². The van der Waals surface area contributed by atoms with Crippen molar-refractivity contribution in [2.45, 2.75) is 51.0 Å². The maximum atomic E-state index is 12.8. The summed E-state index contributed by atoms with van der Waals surface area (Å²) >= 11 is 0. The summed E-state index contributed by atoms with van der Waals surface area (Å²) in [5.74, 6) is 5.30. The summed E-state index contributed by atoms with van der Waals surface area (Å²) in [5.41, 5.74) is 6.59. The van der Waals surface area contributed by atoms with Crippen LogP contribution in [-0.4, -0.2) is 30.7 Å². The molecule has 0 aromatic heterocycles. The van der Waals surface area contributed by atoms with Gasteiger partial charge in [0.2, 0.25) is 5.91 Å². The summed E-state index contributed by atoms with van der Waals surface area (Å²) in [4.78, 5) is 24.5. The molecule has 144 valence electrons. The predicted octanol–water partition coefficient (Wildman–Crippen LogP) is 2.73. The van der Waals surface area contributed by atoms with Crippen molar-refractivity contribution in [2.24, 2.45) is 17.6 Å². The average Bonchev–Trinajstić information content (AvgIpc) is 2.67. The molecule has 5 heteroatoms. The first kappa shape index (κ1) is 19.4. The van der Waals surface area contributed by atoms with E-state index in [1.165, 1.54) is 0 Å². The number of carbonyl (C=O) groups excluding carboxylic acids is 2. The standard InChI is InChI=1S/C22H27NO4/c1-16-4-2-5-17(14-16)7-11-22(10-3-6-19(15-22)20(23)24)27-21(25)18-8-12-26-13-9-18/h2,4-5,14,18-19H,3,6,8-10,12-13,15H2,1H3,(H2,23,24)/t19-,22+/m1/s1. The third-order valence-electron chi connectivity index (χ3n) is 5.42. The molecule has 0 spiro atoms. The summed E-state index contributed by atoms with van der Waals surface area (Å²) < 4.78 is 11.3. The lowest BCUT2D eigenvalue weighted by molar-refractivity contribution is -0.167. The van der Waals surface area contributed by atoms with Crippen molar-refractivity contribution in [3.8, 4) is 11.8 Å². The maximum absolute atomic E-state index is 12.8. The Balaban J connectivity index is 1.84. The van der Waals surface area contributed by atoms with Crippen LogP contribution < -0.4 is 5.73 Å². The quantitative estimate of drug-likeness (QED) is 0.656. The van der Waals surface area contributed by atoms with Gasteiger partial charge in [0.1, 0.15) is 0 Å². The summed E-state index contributed by atoms with van der Waals surface area (Å²) in [7, 11) is 0. The van der Waals surface area contributed by atoms with Crippen LogP contribution in [0.3, 0.4) is 0 Å². The van der Waals surface area contributed by atoms with Crippen LogP contribution in [0.15, 0.2) is 24.3 Å². The highest BCUT2D eigenvalue weighted by Gasteiger charge is 2.41. The minimum Gasteiger partial charge on any atom is -0.446 e. The molecule has 3 rings (SSSR count). The number of nitrogens with two attached hydrogens (primary N) is 1. The SMILES string of the molecule is Cc1cccc(C#C[C@@]2(OC(=O)C3CCOCC3)CCC[C@@H](C(N)=O)C2)c1. The molecular weight excluding hydrogens is 342 g/mol. The zero-order valence-corrected chi connectivity index (χ0v) is 15.8. The second-order valence-electron chi connectivity index (χ2n) is 7.62. The van der Waals surface area contributed by atoms with E-state index >= 15 is 0 Å². The van der Waals surface area contributed by atoms with E-state index in [1.54, 1.807) is 0 Å². The molecule has 1 aliphatic carbocycles. The first-order valence-corrected chi connectivity index (χ1v) is 9.67. The minimum absolute atomic E-state index is 0.162. The van der Waals surface area contributed by atoms with Crippen molar-refractivity contribution in [1.29, 1.82) is 0 Å². The van der Waals surface area contributed by atoms with Gasteiger partial charge in [-0.05, 0) is 62.6 Å². The number of amides is 1. The molecule has 0 unspecified atom stereocenters. The van der Waals surface area contributed by atoms with Crippen molar-refractivity contribution < 1.29 is 19.1 Å². The highest BCUT2D eigenvalue weighted by molar-refractivity contribution is 5.77. The second kappa shape index (κ2) is 8.58. The number of hydrogen-bond acceptors (Lipinski definition) is 4. The third kappa shape index (κ3) is 5.11. The van der Waals surface area contributed by atoms with Gasteiger partial charge >= 0.3 is 5.97 Å². The van der Waals surface area contributed by atoms with E-state index in [0.717, 1.165) is 24.0 Å². The van der Waals surface area contributed by atoms with Crippen molar-refractivity contribution >= 4 is 11.9 Å². The first-order chi connectivity index (χ1) is 13.0. The Morgan fingerprint density at radius 1 is 1.22 bits per heavy atom. The number of rotatable bonds is 3. The molecule has 1 aromatic carbocycles. The Kier molecular flexibility index (Phi) is 6.18. The lowest BCUT2D eigenvalue weighted by atomic mass is 9.77. The fourth-order valence-electron chi connectivity index (χ4n) is 3.83. The monoisotopic (exact) mass is 369 g/mol. The fourth-order valence-corrected chi connectivity index (χ4v) is 3.83. The van der Waals surface area contributed by atoms with Gasteiger partial charge < -0.3 is 15.2 Å². The zero-order valence-electron chi connectivity index (χ0n) is 15.8. The van der Waals surface area contributed by atoms with Crippen LogP contribution in [0.2, 0.25) is 0 Å². The Labute approximate surface area is 160 Å². The number of esters is 1. The topological polar surface area (TPSA) is 78.6 Å². The van der Waals surface area contributed by atoms with Crippen LogP contribution in [0.1, 0.15) is 49.7 Å². The van der Waals surface area contributed by atoms with E-state index in [1.807, 2.05) is 31.2 Å². The predicted molar refractivity (Wildman–Crippen MR) is 102 cm³/mol. The lowest BCUT2D eigenvalue weighted by Crippen LogP contribution is -2.44. The molecule has 1 aliphatic heterocycles. The van der Waals surface area contributed by atoms with E-state index in [0.29, 0.717) is 38.9 Å². The van der Waals surface area contributed by atoms with E-state index in [4.69, 9.17) is 15.2 Å². The molecule has 0 bridgehead atoms. The Hall–Kier alpha value is -2.32. The highest BCUT2D eigenvalue weighted by atomic mass is 16.6. The molecule has 1 amide bonds. The molecule has 5 nitrogen and oxygen atoms in total. The van der Waals surface area contributed by atoms with Crippen molar-refractivity contribution in [3.63, 3.8) is 0 Å². The first-order valence-electron chi connectivity index (χ1n) is 9.67. The number of benzene rings is 1. The van der Waals surface area contributed by atoms with E-state index in [-0.39, 0.29) is 23.7 Å². The summed E-state index contributed by atoms with van der Waals surface area (Å²) in [6.07, 6.45) is 3.81. The highest BCUT2D eigenvalue weighted by Crippen LogP contribution is 2.36. The molecule has 2 aliphatic rings. The van der Waals surface area contributed by atoms with Crippen LogP contribution in [0.4, 0.5) is 0 Å². The van der Waals surface area contributed by atoms with Gasteiger partial charge in [0, 0.05) is 31.1 Å². The average molecular weight is 369 g/mol. The lowest BCUT2D eigenvalue weighted by Gasteiger charge is -2.36.